The summed E-state index contributed by atoms with van der Waals surface area (Å²) in [5.74, 6) is 0.614. The SMILES string of the molecule is Cc1ccc2nc(C(=O)NCCc3cccs3)nc(N[C@H]3CCCC[C@H]3N=C(N)N)c2c1. The summed E-state index contributed by atoms with van der Waals surface area (Å²) in [6.07, 6.45) is 4.80. The second-order valence-electron chi connectivity index (χ2n) is 8.16. The van der Waals surface area contributed by atoms with Crippen LogP contribution < -0.4 is 22.1 Å². The highest BCUT2D eigenvalue weighted by molar-refractivity contribution is 7.09. The third-order valence-electron chi connectivity index (χ3n) is 5.66. The number of aromatic nitrogens is 2. The van der Waals surface area contributed by atoms with Crippen LogP contribution in [0, 0.1) is 6.92 Å². The van der Waals surface area contributed by atoms with Gasteiger partial charge in [0.05, 0.1) is 17.6 Å². The number of hydrogen-bond donors (Lipinski definition) is 4. The van der Waals surface area contributed by atoms with Gasteiger partial charge in [0.2, 0.25) is 5.82 Å². The third kappa shape index (κ3) is 5.34. The van der Waals surface area contributed by atoms with Crippen molar-refractivity contribution in [3.8, 4) is 0 Å². The quantitative estimate of drug-likeness (QED) is 0.323. The molecule has 168 valence electrons. The normalized spacial score (nSPS) is 18.3. The summed E-state index contributed by atoms with van der Waals surface area (Å²) >= 11 is 1.68. The van der Waals surface area contributed by atoms with E-state index in [9.17, 15) is 4.79 Å². The Kier molecular flexibility index (Phi) is 6.84. The lowest BCUT2D eigenvalue weighted by Crippen LogP contribution is -2.38. The Morgan fingerprint density at radius 2 is 2.06 bits per heavy atom. The molecule has 1 amide bonds. The maximum atomic E-state index is 12.8. The number of nitrogens with zero attached hydrogens (tertiary/aromatic N) is 3. The number of anilines is 1. The number of aliphatic imine (C=N–C) groups is 1. The van der Waals surface area contributed by atoms with Crippen molar-refractivity contribution < 1.29 is 4.79 Å². The fourth-order valence-electron chi connectivity index (χ4n) is 4.09. The molecule has 0 spiro atoms. The largest absolute Gasteiger partial charge is 0.370 e. The smallest absolute Gasteiger partial charge is 0.289 e. The zero-order valence-corrected chi connectivity index (χ0v) is 19.0. The van der Waals surface area contributed by atoms with Crippen LogP contribution in [0.25, 0.3) is 10.9 Å². The molecule has 1 aromatic carbocycles. The van der Waals surface area contributed by atoms with Crippen molar-refractivity contribution in [2.45, 2.75) is 51.1 Å². The highest BCUT2D eigenvalue weighted by atomic mass is 32.1. The fourth-order valence-corrected chi connectivity index (χ4v) is 4.80. The number of guanidine groups is 1. The Hall–Kier alpha value is -3.20. The Balaban J connectivity index is 1.59. The summed E-state index contributed by atoms with van der Waals surface area (Å²) in [4.78, 5) is 27.6. The van der Waals surface area contributed by atoms with Crippen LogP contribution in [-0.4, -0.2) is 40.5 Å². The highest BCUT2D eigenvalue weighted by Crippen LogP contribution is 2.28. The van der Waals surface area contributed by atoms with Crippen molar-refractivity contribution in [2.75, 3.05) is 11.9 Å². The van der Waals surface area contributed by atoms with Gasteiger partial charge in [-0.2, -0.15) is 0 Å². The van der Waals surface area contributed by atoms with Gasteiger partial charge in [-0.3, -0.25) is 4.79 Å². The third-order valence-corrected chi connectivity index (χ3v) is 6.59. The summed E-state index contributed by atoms with van der Waals surface area (Å²) in [7, 11) is 0. The van der Waals surface area contributed by atoms with E-state index in [4.69, 9.17) is 11.5 Å². The molecule has 1 fully saturated rings. The molecule has 4 rings (SSSR count). The number of aryl methyl sites for hydroxylation is 1. The van der Waals surface area contributed by atoms with Gasteiger partial charge in [-0.1, -0.05) is 30.5 Å². The Morgan fingerprint density at radius 3 is 2.84 bits per heavy atom. The van der Waals surface area contributed by atoms with Crippen LogP contribution >= 0.6 is 11.3 Å². The lowest BCUT2D eigenvalue weighted by Gasteiger charge is -2.30. The van der Waals surface area contributed by atoms with E-state index >= 15 is 0 Å². The number of amides is 1. The first-order valence-electron chi connectivity index (χ1n) is 10.9. The maximum Gasteiger partial charge on any atom is 0.289 e. The van der Waals surface area contributed by atoms with Crippen LogP contribution in [0.15, 0.2) is 40.7 Å². The van der Waals surface area contributed by atoms with Gasteiger partial charge in [0.25, 0.3) is 5.91 Å². The molecule has 1 aliphatic carbocycles. The van der Waals surface area contributed by atoms with E-state index < -0.39 is 0 Å². The van der Waals surface area contributed by atoms with Gasteiger partial charge in [0.15, 0.2) is 5.96 Å². The van der Waals surface area contributed by atoms with Crippen molar-refractivity contribution in [3.05, 3.63) is 52.0 Å². The molecule has 0 bridgehead atoms. The van der Waals surface area contributed by atoms with Crippen molar-refractivity contribution >= 4 is 39.9 Å². The molecular weight excluding hydrogens is 422 g/mol. The molecule has 0 aliphatic heterocycles. The summed E-state index contributed by atoms with van der Waals surface area (Å²) in [6.45, 7) is 2.56. The van der Waals surface area contributed by atoms with E-state index in [0.29, 0.717) is 12.4 Å². The number of nitrogens with one attached hydrogen (secondary N) is 2. The minimum atomic E-state index is -0.281. The second kappa shape index (κ2) is 9.95. The summed E-state index contributed by atoms with van der Waals surface area (Å²) in [6, 6.07) is 10.0. The molecule has 2 heterocycles. The first-order valence-corrected chi connectivity index (χ1v) is 11.8. The van der Waals surface area contributed by atoms with Crippen LogP contribution in [0.3, 0.4) is 0 Å². The van der Waals surface area contributed by atoms with Crippen LogP contribution in [0.2, 0.25) is 0 Å². The zero-order chi connectivity index (χ0) is 22.5. The minimum Gasteiger partial charge on any atom is -0.370 e. The van der Waals surface area contributed by atoms with Gasteiger partial charge in [0, 0.05) is 16.8 Å². The van der Waals surface area contributed by atoms with Crippen molar-refractivity contribution in [1.29, 1.82) is 0 Å². The fraction of sp³-hybridized carbons (Fsp3) is 0.391. The van der Waals surface area contributed by atoms with Crippen LogP contribution in [0.5, 0.6) is 0 Å². The van der Waals surface area contributed by atoms with Crippen LogP contribution in [0.1, 0.15) is 46.7 Å². The number of thiophene rings is 1. The molecule has 3 aromatic rings. The van der Waals surface area contributed by atoms with Gasteiger partial charge in [-0.05, 0) is 49.8 Å². The molecule has 2 atom stereocenters. The number of rotatable bonds is 7. The van der Waals surface area contributed by atoms with E-state index in [2.05, 4.69) is 31.7 Å². The summed E-state index contributed by atoms with van der Waals surface area (Å²) in [5, 5.41) is 9.39. The van der Waals surface area contributed by atoms with E-state index in [-0.39, 0.29) is 29.8 Å². The molecule has 6 N–H and O–H groups in total. The molecule has 32 heavy (non-hydrogen) atoms. The molecule has 0 radical (unpaired) electrons. The van der Waals surface area contributed by atoms with Gasteiger partial charge in [0.1, 0.15) is 5.82 Å². The van der Waals surface area contributed by atoms with Gasteiger partial charge < -0.3 is 22.1 Å². The van der Waals surface area contributed by atoms with Crippen LogP contribution in [0.4, 0.5) is 5.82 Å². The van der Waals surface area contributed by atoms with E-state index in [1.54, 1.807) is 11.3 Å². The molecule has 1 saturated carbocycles. The number of carbonyl (C=O) groups is 1. The van der Waals surface area contributed by atoms with Crippen molar-refractivity contribution in [1.82, 2.24) is 15.3 Å². The number of carbonyl (C=O) groups excluding carboxylic acids is 1. The van der Waals surface area contributed by atoms with E-state index in [1.807, 2.05) is 36.6 Å². The lowest BCUT2D eigenvalue weighted by atomic mass is 9.90. The zero-order valence-electron chi connectivity index (χ0n) is 18.2. The number of benzene rings is 1. The molecule has 2 aromatic heterocycles. The molecule has 0 saturated heterocycles. The first kappa shape index (κ1) is 22.0. The summed E-state index contributed by atoms with van der Waals surface area (Å²) in [5.41, 5.74) is 13.1. The second-order valence-corrected chi connectivity index (χ2v) is 9.19. The summed E-state index contributed by atoms with van der Waals surface area (Å²) < 4.78 is 0. The number of hydrogen-bond acceptors (Lipinski definition) is 6. The Morgan fingerprint density at radius 1 is 1.22 bits per heavy atom. The lowest BCUT2D eigenvalue weighted by molar-refractivity contribution is 0.0944. The standard InChI is InChI=1S/C23H29N7OS/c1-14-8-9-17-16(13-14)20(28-18-6-2-3-7-19(18)29-23(24)25)30-21(27-17)22(31)26-11-10-15-5-4-12-32-15/h4-5,8-9,12-13,18-19H,2-3,6-7,10-11H2,1H3,(H,26,31)(H4,24,25,29)(H,27,28,30)/t18-,19+/m0/s1. The van der Waals surface area contributed by atoms with Gasteiger partial charge >= 0.3 is 0 Å². The topological polar surface area (TPSA) is 131 Å². The molecule has 0 unspecified atom stereocenters. The molecule has 8 nitrogen and oxygen atoms in total. The number of nitrogens with two attached hydrogens (primary N) is 2. The molecule has 9 heteroatoms. The maximum absolute atomic E-state index is 12.8. The monoisotopic (exact) mass is 451 g/mol. The Bertz CT molecular complexity index is 1110. The first-order chi connectivity index (χ1) is 15.5. The van der Waals surface area contributed by atoms with Gasteiger partial charge in [-0.15, -0.1) is 11.3 Å². The van der Waals surface area contributed by atoms with E-state index in [1.165, 1.54) is 4.88 Å². The average Bonchev–Trinajstić information content (AvgIpc) is 3.28. The Labute approximate surface area is 191 Å². The highest BCUT2D eigenvalue weighted by Gasteiger charge is 2.26. The predicted molar refractivity (Wildman–Crippen MR) is 130 cm³/mol. The van der Waals surface area contributed by atoms with Gasteiger partial charge in [-0.25, -0.2) is 15.0 Å². The molecular formula is C23H29N7OS. The van der Waals surface area contributed by atoms with E-state index in [0.717, 1.165) is 48.6 Å². The predicted octanol–water partition coefficient (Wildman–Crippen LogP) is 2.97. The van der Waals surface area contributed by atoms with Crippen molar-refractivity contribution in [2.24, 2.45) is 16.5 Å². The van der Waals surface area contributed by atoms with Crippen molar-refractivity contribution in [3.63, 3.8) is 0 Å². The number of fused-ring (bicyclic) bond motifs is 1. The average molecular weight is 452 g/mol. The minimum absolute atomic E-state index is 0.0216. The van der Waals surface area contributed by atoms with Crippen LogP contribution in [-0.2, 0) is 6.42 Å². The molecule has 1 aliphatic rings.